The van der Waals surface area contributed by atoms with E-state index in [4.69, 9.17) is 13.9 Å². The van der Waals surface area contributed by atoms with Crippen LogP contribution in [0, 0.1) is 18.3 Å². The monoisotopic (exact) mass is 369 g/mol. The third kappa shape index (κ3) is 3.32. The Morgan fingerprint density at radius 3 is 2.65 bits per heavy atom. The van der Waals surface area contributed by atoms with E-state index in [1.54, 1.807) is 13.0 Å². The van der Waals surface area contributed by atoms with E-state index in [1.165, 1.54) is 36.4 Å². The first-order valence-corrected chi connectivity index (χ1v) is 9.27. The molecule has 0 saturated heterocycles. The highest BCUT2D eigenvalue weighted by molar-refractivity contribution is 7.87. The number of nitriles is 1. The molecule has 2 aromatic carbocycles. The molecule has 0 unspecified atom stereocenters. The zero-order chi connectivity index (χ0) is 18.9. The standard InChI is InChI=1S/C19H15NO5S/c1-3-14-9-16-12(2)7-19(21)24-18(16)10-17(14)25-26(22,23)15-6-4-5-13(8-15)11-20/h4-10H,3H2,1-2H3. The van der Waals surface area contributed by atoms with Crippen LogP contribution in [0.15, 0.2) is 56.6 Å². The van der Waals surface area contributed by atoms with Crippen LogP contribution < -0.4 is 9.81 Å². The fourth-order valence-electron chi connectivity index (χ4n) is 2.63. The normalized spacial score (nSPS) is 11.3. The van der Waals surface area contributed by atoms with Crippen molar-refractivity contribution in [2.75, 3.05) is 0 Å². The maximum Gasteiger partial charge on any atom is 0.339 e. The topological polar surface area (TPSA) is 97.4 Å². The molecule has 0 atom stereocenters. The minimum Gasteiger partial charge on any atom is -0.423 e. The third-order valence-corrected chi connectivity index (χ3v) is 5.19. The lowest BCUT2D eigenvalue weighted by atomic mass is 10.1. The van der Waals surface area contributed by atoms with Crippen LogP contribution in [0.2, 0.25) is 0 Å². The van der Waals surface area contributed by atoms with Crippen LogP contribution in [0.5, 0.6) is 5.75 Å². The second kappa shape index (κ2) is 6.65. The number of hydrogen-bond donors (Lipinski definition) is 0. The molecule has 132 valence electrons. The van der Waals surface area contributed by atoms with E-state index in [0.29, 0.717) is 12.0 Å². The molecule has 0 aliphatic heterocycles. The maximum atomic E-state index is 12.6. The Balaban J connectivity index is 2.12. The summed E-state index contributed by atoms with van der Waals surface area (Å²) in [6, 6.07) is 12.0. The highest BCUT2D eigenvalue weighted by Gasteiger charge is 2.20. The summed E-state index contributed by atoms with van der Waals surface area (Å²) in [5.41, 5.74) is 1.35. The predicted molar refractivity (Wildman–Crippen MR) is 95.6 cm³/mol. The first-order chi connectivity index (χ1) is 12.3. The largest absolute Gasteiger partial charge is 0.423 e. The van der Waals surface area contributed by atoms with Crippen molar-refractivity contribution in [1.29, 1.82) is 5.26 Å². The number of benzene rings is 2. The van der Waals surface area contributed by atoms with E-state index < -0.39 is 15.7 Å². The zero-order valence-electron chi connectivity index (χ0n) is 14.1. The van der Waals surface area contributed by atoms with Crippen molar-refractivity contribution in [3.8, 4) is 11.8 Å². The number of fused-ring (bicyclic) bond motifs is 1. The smallest absolute Gasteiger partial charge is 0.339 e. The van der Waals surface area contributed by atoms with Gasteiger partial charge in [-0.15, -0.1) is 0 Å². The van der Waals surface area contributed by atoms with E-state index in [0.717, 1.165) is 10.9 Å². The molecule has 0 aliphatic rings. The summed E-state index contributed by atoms with van der Waals surface area (Å²) in [5, 5.41) is 9.66. The van der Waals surface area contributed by atoms with Gasteiger partial charge in [-0.2, -0.15) is 13.7 Å². The Hall–Kier alpha value is -3.11. The fourth-order valence-corrected chi connectivity index (χ4v) is 3.64. The van der Waals surface area contributed by atoms with Crippen molar-refractivity contribution in [1.82, 2.24) is 0 Å². The molecule has 0 fully saturated rings. The van der Waals surface area contributed by atoms with Crippen LogP contribution in [0.4, 0.5) is 0 Å². The molecule has 0 spiro atoms. The van der Waals surface area contributed by atoms with Crippen molar-refractivity contribution in [3.05, 3.63) is 69.6 Å². The third-order valence-electron chi connectivity index (χ3n) is 3.96. The second-order valence-electron chi connectivity index (χ2n) is 5.74. The molecule has 26 heavy (non-hydrogen) atoms. The van der Waals surface area contributed by atoms with Crippen LogP contribution in [0.1, 0.15) is 23.6 Å². The molecule has 0 radical (unpaired) electrons. The van der Waals surface area contributed by atoms with Gasteiger partial charge in [0.1, 0.15) is 16.2 Å². The van der Waals surface area contributed by atoms with Crippen molar-refractivity contribution in [2.45, 2.75) is 25.2 Å². The fraction of sp³-hybridized carbons (Fsp3) is 0.158. The minimum absolute atomic E-state index is 0.0936. The zero-order valence-corrected chi connectivity index (χ0v) is 15.0. The quantitative estimate of drug-likeness (QED) is 0.517. The summed E-state index contributed by atoms with van der Waals surface area (Å²) in [4.78, 5) is 11.5. The summed E-state index contributed by atoms with van der Waals surface area (Å²) in [6.07, 6.45) is 0.525. The molecule has 1 heterocycles. The Labute approximate surface area is 150 Å². The van der Waals surface area contributed by atoms with E-state index in [1.807, 2.05) is 13.0 Å². The first kappa shape index (κ1) is 17.7. The predicted octanol–water partition coefficient (Wildman–Crippen LogP) is 3.30. The van der Waals surface area contributed by atoms with Crippen LogP contribution in [-0.4, -0.2) is 8.42 Å². The van der Waals surface area contributed by atoms with Crippen molar-refractivity contribution in [3.63, 3.8) is 0 Å². The molecule has 0 aliphatic carbocycles. The average molecular weight is 369 g/mol. The number of nitrogens with zero attached hydrogens (tertiary/aromatic N) is 1. The van der Waals surface area contributed by atoms with Crippen LogP contribution in [0.25, 0.3) is 11.0 Å². The SMILES string of the molecule is CCc1cc2c(C)cc(=O)oc2cc1OS(=O)(=O)c1cccc(C#N)c1. The van der Waals surface area contributed by atoms with Crippen molar-refractivity contribution >= 4 is 21.1 Å². The maximum absolute atomic E-state index is 12.6. The molecule has 3 rings (SSSR count). The molecule has 0 amide bonds. The summed E-state index contributed by atoms with van der Waals surface area (Å²) < 4.78 is 35.6. The summed E-state index contributed by atoms with van der Waals surface area (Å²) in [6.45, 7) is 3.65. The molecule has 1 aromatic heterocycles. The molecule has 7 heteroatoms. The number of aryl methyl sites for hydroxylation is 2. The lowest BCUT2D eigenvalue weighted by molar-refractivity contribution is 0.482. The summed E-state index contributed by atoms with van der Waals surface area (Å²) in [7, 11) is -4.14. The highest BCUT2D eigenvalue weighted by atomic mass is 32.2. The van der Waals surface area contributed by atoms with E-state index in [9.17, 15) is 13.2 Å². The molecular weight excluding hydrogens is 354 g/mol. The Morgan fingerprint density at radius 2 is 1.96 bits per heavy atom. The van der Waals surface area contributed by atoms with Gasteiger partial charge in [0.25, 0.3) is 0 Å². The van der Waals surface area contributed by atoms with Gasteiger partial charge in [0.15, 0.2) is 0 Å². The number of rotatable bonds is 4. The van der Waals surface area contributed by atoms with Gasteiger partial charge in [-0.05, 0) is 48.7 Å². The van der Waals surface area contributed by atoms with Gasteiger partial charge in [-0.25, -0.2) is 4.79 Å². The Morgan fingerprint density at radius 1 is 1.19 bits per heavy atom. The molecule has 0 bridgehead atoms. The van der Waals surface area contributed by atoms with E-state index in [-0.39, 0.29) is 21.8 Å². The van der Waals surface area contributed by atoms with Crippen LogP contribution in [-0.2, 0) is 16.5 Å². The van der Waals surface area contributed by atoms with E-state index >= 15 is 0 Å². The van der Waals surface area contributed by atoms with Gasteiger partial charge in [0, 0.05) is 17.5 Å². The summed E-state index contributed by atoms with van der Waals surface area (Å²) in [5.74, 6) is 0.0936. The van der Waals surface area contributed by atoms with Crippen LogP contribution >= 0.6 is 0 Å². The van der Waals surface area contributed by atoms with Gasteiger partial charge < -0.3 is 8.60 Å². The van der Waals surface area contributed by atoms with Gasteiger partial charge >= 0.3 is 15.7 Å². The highest BCUT2D eigenvalue weighted by Crippen LogP contribution is 2.30. The Kier molecular flexibility index (Phi) is 4.53. The van der Waals surface area contributed by atoms with Crippen molar-refractivity contribution in [2.24, 2.45) is 0 Å². The van der Waals surface area contributed by atoms with Crippen molar-refractivity contribution < 1.29 is 17.0 Å². The average Bonchev–Trinajstić information content (AvgIpc) is 2.61. The first-order valence-electron chi connectivity index (χ1n) is 7.86. The second-order valence-corrected chi connectivity index (χ2v) is 7.28. The molecule has 0 saturated carbocycles. The summed E-state index contributed by atoms with van der Waals surface area (Å²) >= 11 is 0. The molecule has 0 N–H and O–H groups in total. The van der Waals surface area contributed by atoms with Gasteiger partial charge in [-0.3, -0.25) is 0 Å². The Bertz CT molecular complexity index is 1200. The molecular formula is C19H15NO5S. The van der Waals surface area contributed by atoms with Gasteiger partial charge in [-0.1, -0.05) is 13.0 Å². The number of hydrogen-bond acceptors (Lipinski definition) is 6. The minimum atomic E-state index is -4.14. The van der Waals surface area contributed by atoms with Gasteiger partial charge in [0.05, 0.1) is 11.6 Å². The van der Waals surface area contributed by atoms with E-state index in [2.05, 4.69) is 0 Å². The lowest BCUT2D eigenvalue weighted by Crippen LogP contribution is -2.11. The van der Waals surface area contributed by atoms with Gasteiger partial charge in [0.2, 0.25) is 0 Å². The van der Waals surface area contributed by atoms with Crippen LogP contribution in [0.3, 0.4) is 0 Å². The molecule has 3 aromatic rings. The lowest BCUT2D eigenvalue weighted by Gasteiger charge is -2.12. The molecule has 6 nitrogen and oxygen atoms in total.